The first kappa shape index (κ1) is 12.8. The predicted octanol–water partition coefficient (Wildman–Crippen LogP) is 1.13. The lowest BCUT2D eigenvalue weighted by Crippen LogP contribution is -2.51. The third-order valence-corrected chi connectivity index (χ3v) is 3.39. The van der Waals surface area contributed by atoms with Crippen molar-refractivity contribution in [3.05, 3.63) is 24.0 Å². The topological polar surface area (TPSA) is 79.5 Å². The molecule has 3 N–H and O–H groups in total. The molecule has 0 aliphatic carbocycles. The third-order valence-electron chi connectivity index (χ3n) is 3.39. The van der Waals surface area contributed by atoms with Crippen LogP contribution in [0.4, 0.5) is 0 Å². The average Bonchev–Trinajstić information content (AvgIpc) is 2.38. The number of likely N-dealkylation sites (tertiary alicyclic amines) is 1. The minimum Gasteiger partial charge on any atom is -0.506 e. The molecular weight excluding hydrogens is 230 g/mol. The van der Waals surface area contributed by atoms with Crippen molar-refractivity contribution in [1.29, 1.82) is 0 Å². The highest BCUT2D eigenvalue weighted by Crippen LogP contribution is 2.22. The maximum atomic E-state index is 12.4. The largest absolute Gasteiger partial charge is 0.506 e. The first-order chi connectivity index (χ1) is 8.59. The summed E-state index contributed by atoms with van der Waals surface area (Å²) in [6.07, 6.45) is 5.84. The van der Waals surface area contributed by atoms with Crippen LogP contribution in [0.3, 0.4) is 0 Å². The van der Waals surface area contributed by atoms with Crippen molar-refractivity contribution in [2.24, 2.45) is 5.73 Å². The molecule has 0 spiro atoms. The highest BCUT2D eigenvalue weighted by Gasteiger charge is 2.29. The van der Waals surface area contributed by atoms with Gasteiger partial charge in [0.25, 0.3) is 5.91 Å². The normalized spacial score (nSPS) is 21.7. The van der Waals surface area contributed by atoms with Crippen LogP contribution in [0.15, 0.2) is 18.5 Å². The van der Waals surface area contributed by atoms with Gasteiger partial charge in [0.05, 0.1) is 11.8 Å². The molecule has 1 saturated heterocycles. The summed E-state index contributed by atoms with van der Waals surface area (Å²) in [5.74, 6) is -0.0874. The molecule has 0 radical (unpaired) electrons. The van der Waals surface area contributed by atoms with Gasteiger partial charge in [-0.05, 0) is 32.3 Å². The molecular formula is C13H19N3O2. The van der Waals surface area contributed by atoms with Crippen molar-refractivity contribution in [2.45, 2.75) is 38.3 Å². The van der Waals surface area contributed by atoms with E-state index in [4.69, 9.17) is 5.73 Å². The van der Waals surface area contributed by atoms with E-state index in [9.17, 15) is 9.90 Å². The Hall–Kier alpha value is -1.62. The summed E-state index contributed by atoms with van der Waals surface area (Å²) >= 11 is 0. The van der Waals surface area contributed by atoms with Crippen molar-refractivity contribution < 1.29 is 9.90 Å². The van der Waals surface area contributed by atoms with E-state index < -0.39 is 0 Å². The second-order valence-electron chi connectivity index (χ2n) is 4.85. The number of pyridine rings is 1. The lowest BCUT2D eigenvalue weighted by Gasteiger charge is -2.38. The van der Waals surface area contributed by atoms with Gasteiger partial charge in [0.2, 0.25) is 0 Å². The Balaban J connectivity index is 2.21. The molecule has 1 fully saturated rings. The number of hydrogen-bond acceptors (Lipinski definition) is 4. The fourth-order valence-corrected chi connectivity index (χ4v) is 2.47. The molecule has 5 nitrogen and oxygen atoms in total. The van der Waals surface area contributed by atoms with E-state index in [0.717, 1.165) is 25.8 Å². The Labute approximate surface area is 107 Å². The molecule has 0 bridgehead atoms. The summed E-state index contributed by atoms with van der Waals surface area (Å²) in [5.41, 5.74) is 6.36. The number of nitrogens with zero attached hydrogens (tertiary/aromatic N) is 2. The number of carbonyl (C=O) groups excluding carboxylic acids is 1. The van der Waals surface area contributed by atoms with Crippen LogP contribution in [0.1, 0.15) is 36.5 Å². The van der Waals surface area contributed by atoms with Gasteiger partial charge in [-0.1, -0.05) is 0 Å². The van der Waals surface area contributed by atoms with Gasteiger partial charge in [-0.25, -0.2) is 0 Å². The molecule has 2 rings (SSSR count). The number of nitrogens with two attached hydrogens (primary N) is 1. The maximum Gasteiger partial charge on any atom is 0.255 e. The fourth-order valence-electron chi connectivity index (χ4n) is 2.47. The predicted molar refractivity (Wildman–Crippen MR) is 68.2 cm³/mol. The Morgan fingerprint density at radius 1 is 1.56 bits per heavy atom. The minimum absolute atomic E-state index is 0.00945. The number of rotatable bonds is 2. The second-order valence-corrected chi connectivity index (χ2v) is 4.85. The SMILES string of the molecule is CC(N)C1CCCCN1C(=O)c1cncc(O)c1. The molecule has 1 aromatic rings. The molecule has 18 heavy (non-hydrogen) atoms. The average molecular weight is 249 g/mol. The van der Waals surface area contributed by atoms with Crippen LogP contribution in [0, 0.1) is 0 Å². The van der Waals surface area contributed by atoms with Crippen LogP contribution < -0.4 is 5.73 Å². The Bertz CT molecular complexity index is 434. The monoisotopic (exact) mass is 249 g/mol. The molecule has 1 aromatic heterocycles. The van der Waals surface area contributed by atoms with Crippen molar-refractivity contribution in [3.8, 4) is 5.75 Å². The molecule has 0 saturated carbocycles. The Kier molecular flexibility index (Phi) is 3.81. The van der Waals surface area contributed by atoms with Gasteiger partial charge in [0, 0.05) is 24.8 Å². The molecule has 2 unspecified atom stereocenters. The van der Waals surface area contributed by atoms with Crippen LogP contribution >= 0.6 is 0 Å². The summed E-state index contributed by atoms with van der Waals surface area (Å²) < 4.78 is 0. The van der Waals surface area contributed by atoms with E-state index >= 15 is 0 Å². The fraction of sp³-hybridized carbons (Fsp3) is 0.538. The minimum atomic E-state index is -0.0969. The van der Waals surface area contributed by atoms with Crippen molar-refractivity contribution >= 4 is 5.91 Å². The van der Waals surface area contributed by atoms with Gasteiger partial charge >= 0.3 is 0 Å². The summed E-state index contributed by atoms with van der Waals surface area (Å²) in [5, 5.41) is 9.38. The molecule has 1 aliphatic heterocycles. The van der Waals surface area contributed by atoms with E-state index in [1.54, 1.807) is 0 Å². The number of aromatic hydroxyl groups is 1. The van der Waals surface area contributed by atoms with Crippen LogP contribution in [-0.2, 0) is 0 Å². The maximum absolute atomic E-state index is 12.4. The van der Waals surface area contributed by atoms with Crippen molar-refractivity contribution in [3.63, 3.8) is 0 Å². The lowest BCUT2D eigenvalue weighted by molar-refractivity contribution is 0.0583. The molecule has 98 valence electrons. The van der Waals surface area contributed by atoms with Crippen molar-refractivity contribution in [1.82, 2.24) is 9.88 Å². The number of aromatic nitrogens is 1. The van der Waals surface area contributed by atoms with Gasteiger partial charge in [0.1, 0.15) is 5.75 Å². The molecule has 2 atom stereocenters. The second kappa shape index (κ2) is 5.35. The highest BCUT2D eigenvalue weighted by molar-refractivity contribution is 5.94. The van der Waals surface area contributed by atoms with Crippen LogP contribution in [0.5, 0.6) is 5.75 Å². The van der Waals surface area contributed by atoms with Gasteiger partial charge in [-0.15, -0.1) is 0 Å². The quantitative estimate of drug-likeness (QED) is 0.823. The first-order valence-electron chi connectivity index (χ1n) is 6.30. The first-order valence-corrected chi connectivity index (χ1v) is 6.30. The lowest BCUT2D eigenvalue weighted by atomic mass is 9.96. The van der Waals surface area contributed by atoms with Crippen LogP contribution in [0.25, 0.3) is 0 Å². The van der Waals surface area contributed by atoms with E-state index in [0.29, 0.717) is 5.56 Å². The van der Waals surface area contributed by atoms with Crippen LogP contribution in [0.2, 0.25) is 0 Å². The molecule has 0 aromatic carbocycles. The van der Waals surface area contributed by atoms with E-state index in [1.165, 1.54) is 18.5 Å². The Morgan fingerprint density at radius 2 is 2.33 bits per heavy atom. The number of piperidine rings is 1. The zero-order chi connectivity index (χ0) is 13.1. The van der Waals surface area contributed by atoms with Gasteiger partial charge in [0.15, 0.2) is 0 Å². The molecule has 1 aliphatic rings. The Morgan fingerprint density at radius 3 is 3.00 bits per heavy atom. The third kappa shape index (κ3) is 2.61. The van der Waals surface area contributed by atoms with Crippen molar-refractivity contribution in [2.75, 3.05) is 6.54 Å². The molecule has 1 amide bonds. The summed E-state index contributed by atoms with van der Waals surface area (Å²) in [6, 6.07) is 1.48. The zero-order valence-corrected chi connectivity index (χ0v) is 10.5. The van der Waals surface area contributed by atoms with Gasteiger partial charge in [-0.3, -0.25) is 9.78 Å². The van der Waals surface area contributed by atoms with E-state index in [1.807, 2.05) is 11.8 Å². The van der Waals surface area contributed by atoms with Gasteiger partial charge < -0.3 is 15.7 Å². The summed E-state index contributed by atoms with van der Waals surface area (Å²) in [4.78, 5) is 18.0. The van der Waals surface area contributed by atoms with Crippen LogP contribution in [-0.4, -0.2) is 39.5 Å². The van der Waals surface area contributed by atoms with Gasteiger partial charge in [-0.2, -0.15) is 0 Å². The van der Waals surface area contributed by atoms with E-state index in [-0.39, 0.29) is 23.7 Å². The number of amides is 1. The zero-order valence-electron chi connectivity index (χ0n) is 10.5. The number of carbonyl (C=O) groups is 1. The number of hydrogen-bond donors (Lipinski definition) is 2. The highest BCUT2D eigenvalue weighted by atomic mass is 16.3. The smallest absolute Gasteiger partial charge is 0.255 e. The van der Waals surface area contributed by atoms with E-state index in [2.05, 4.69) is 4.98 Å². The molecule has 2 heterocycles. The summed E-state index contributed by atoms with van der Waals surface area (Å²) in [6.45, 7) is 2.65. The summed E-state index contributed by atoms with van der Waals surface area (Å²) in [7, 11) is 0. The standard InChI is InChI=1S/C13H19N3O2/c1-9(14)12-4-2-3-5-16(12)13(18)10-6-11(17)8-15-7-10/h6-9,12,17H,2-5,14H2,1H3. The molecule has 5 heteroatoms.